The van der Waals surface area contributed by atoms with Gasteiger partial charge in [-0.1, -0.05) is 23.2 Å². The van der Waals surface area contributed by atoms with Gasteiger partial charge in [0.2, 0.25) is 5.95 Å². The number of thiophene rings is 1. The molecule has 0 aliphatic heterocycles. The summed E-state index contributed by atoms with van der Waals surface area (Å²) in [6, 6.07) is 5.12. The van der Waals surface area contributed by atoms with Crippen LogP contribution in [0.3, 0.4) is 0 Å². The average molecular weight is 382 g/mol. The Kier molecular flexibility index (Phi) is 4.49. The van der Waals surface area contributed by atoms with E-state index in [1.807, 2.05) is 0 Å². The van der Waals surface area contributed by atoms with E-state index in [1.54, 1.807) is 32.3 Å². The predicted molar refractivity (Wildman–Crippen MR) is 100 cm³/mol. The first-order valence-electron chi connectivity index (χ1n) is 6.91. The minimum absolute atomic E-state index is 0.269. The summed E-state index contributed by atoms with van der Waals surface area (Å²) in [6.45, 7) is 0. The van der Waals surface area contributed by atoms with E-state index < -0.39 is 0 Å². The van der Waals surface area contributed by atoms with Gasteiger partial charge in [0.1, 0.15) is 9.71 Å². The molecule has 1 amide bonds. The molecule has 0 saturated carbocycles. The number of hydrogen-bond acceptors (Lipinski definition) is 6. The van der Waals surface area contributed by atoms with Crippen molar-refractivity contribution >= 4 is 62.3 Å². The Morgan fingerprint density at radius 2 is 2.00 bits per heavy atom. The van der Waals surface area contributed by atoms with E-state index in [-0.39, 0.29) is 5.91 Å². The smallest absolute Gasteiger partial charge is 0.263 e. The summed E-state index contributed by atoms with van der Waals surface area (Å²) in [6.07, 6.45) is 0. The maximum absolute atomic E-state index is 12.0. The molecule has 1 aromatic carbocycles. The van der Waals surface area contributed by atoms with Crippen LogP contribution >= 0.6 is 34.5 Å². The molecule has 6 nitrogen and oxygen atoms in total. The second-order valence-corrected chi connectivity index (χ2v) is 6.72. The van der Waals surface area contributed by atoms with E-state index in [0.29, 0.717) is 48.0 Å². The number of nitrogens with zero attached hydrogens (tertiary/aromatic N) is 2. The number of aromatic nitrogens is 2. The van der Waals surface area contributed by atoms with Gasteiger partial charge in [0, 0.05) is 24.7 Å². The van der Waals surface area contributed by atoms with Crippen LogP contribution in [0, 0.1) is 0 Å². The second-order valence-electron chi connectivity index (χ2n) is 4.87. The normalized spacial score (nSPS) is 10.8. The molecule has 4 N–H and O–H groups in total. The van der Waals surface area contributed by atoms with Crippen LogP contribution in [0.15, 0.2) is 18.2 Å². The van der Waals surface area contributed by atoms with E-state index >= 15 is 0 Å². The third-order valence-corrected chi connectivity index (χ3v) is 5.08. The van der Waals surface area contributed by atoms with Gasteiger partial charge in [-0.25, -0.2) is 9.97 Å². The lowest BCUT2D eigenvalue weighted by molar-refractivity contribution is 0.0968. The Morgan fingerprint density at radius 1 is 1.25 bits per heavy atom. The standard InChI is InChI=1S/C15H13Cl2N5OS/c1-19-13(23)12-10(18)9-11(7-4-3-6(16)5-8(7)17)21-15(20-2)22-14(9)24-12/h3-5H,18H2,1-2H3,(H,19,23)(H,20,21,22). The topological polar surface area (TPSA) is 92.9 Å². The number of carbonyl (C=O) groups excluding carboxylic acids is 1. The van der Waals surface area contributed by atoms with Gasteiger partial charge in [0.05, 0.1) is 21.8 Å². The molecule has 0 fully saturated rings. The van der Waals surface area contributed by atoms with Gasteiger partial charge in [0.25, 0.3) is 5.91 Å². The fourth-order valence-corrected chi connectivity index (χ4v) is 3.83. The zero-order chi connectivity index (χ0) is 17.4. The summed E-state index contributed by atoms with van der Waals surface area (Å²) >= 11 is 13.5. The fraction of sp³-hybridized carbons (Fsp3) is 0.133. The van der Waals surface area contributed by atoms with Crippen LogP contribution in [0.5, 0.6) is 0 Å². The Labute approximate surface area is 152 Å². The number of carbonyl (C=O) groups is 1. The highest BCUT2D eigenvalue weighted by molar-refractivity contribution is 7.21. The van der Waals surface area contributed by atoms with Crippen molar-refractivity contribution in [2.24, 2.45) is 0 Å². The highest BCUT2D eigenvalue weighted by atomic mass is 35.5. The maximum Gasteiger partial charge on any atom is 0.263 e. The number of nitrogens with two attached hydrogens (primary N) is 1. The van der Waals surface area contributed by atoms with Crippen molar-refractivity contribution in [2.45, 2.75) is 0 Å². The van der Waals surface area contributed by atoms with Gasteiger partial charge in [0.15, 0.2) is 0 Å². The molecule has 0 bridgehead atoms. The van der Waals surface area contributed by atoms with Crippen LogP contribution in [-0.4, -0.2) is 30.0 Å². The largest absolute Gasteiger partial charge is 0.397 e. The third kappa shape index (κ3) is 2.75. The molecule has 0 radical (unpaired) electrons. The van der Waals surface area contributed by atoms with Crippen molar-refractivity contribution in [1.82, 2.24) is 15.3 Å². The summed E-state index contributed by atoms with van der Waals surface area (Å²) < 4.78 is 0. The Hall–Kier alpha value is -2.09. The first kappa shape index (κ1) is 16.8. The Balaban J connectivity index is 2.37. The van der Waals surface area contributed by atoms with E-state index in [2.05, 4.69) is 20.6 Å². The molecule has 3 aromatic rings. The molecular formula is C15H13Cl2N5OS. The fourth-order valence-electron chi connectivity index (χ4n) is 2.29. The number of rotatable bonds is 3. The molecule has 0 aliphatic carbocycles. The minimum Gasteiger partial charge on any atom is -0.397 e. The summed E-state index contributed by atoms with van der Waals surface area (Å²) in [5, 5.41) is 7.04. The van der Waals surface area contributed by atoms with Crippen molar-refractivity contribution < 1.29 is 4.79 Å². The van der Waals surface area contributed by atoms with Crippen molar-refractivity contribution in [3.05, 3.63) is 33.1 Å². The minimum atomic E-state index is -0.269. The number of nitrogen functional groups attached to an aromatic ring is 1. The van der Waals surface area contributed by atoms with Crippen LogP contribution in [-0.2, 0) is 0 Å². The van der Waals surface area contributed by atoms with Crippen LogP contribution in [0.4, 0.5) is 11.6 Å². The van der Waals surface area contributed by atoms with Gasteiger partial charge in [-0.15, -0.1) is 11.3 Å². The monoisotopic (exact) mass is 381 g/mol. The van der Waals surface area contributed by atoms with Crippen LogP contribution in [0.25, 0.3) is 21.5 Å². The summed E-state index contributed by atoms with van der Waals surface area (Å²) in [5.41, 5.74) is 7.75. The first-order chi connectivity index (χ1) is 11.5. The van der Waals surface area contributed by atoms with E-state index in [0.717, 1.165) is 0 Å². The molecule has 2 heterocycles. The number of hydrogen-bond donors (Lipinski definition) is 3. The van der Waals surface area contributed by atoms with Crippen LogP contribution in [0.1, 0.15) is 9.67 Å². The molecule has 9 heteroatoms. The molecule has 0 saturated heterocycles. The molecule has 124 valence electrons. The third-order valence-electron chi connectivity index (χ3n) is 3.43. The van der Waals surface area contributed by atoms with Crippen molar-refractivity contribution in [3.63, 3.8) is 0 Å². The van der Waals surface area contributed by atoms with Gasteiger partial charge in [-0.3, -0.25) is 4.79 Å². The van der Waals surface area contributed by atoms with Gasteiger partial charge >= 0.3 is 0 Å². The van der Waals surface area contributed by atoms with Gasteiger partial charge in [-0.05, 0) is 18.2 Å². The number of amides is 1. The van der Waals surface area contributed by atoms with Crippen LogP contribution in [0.2, 0.25) is 10.0 Å². The Morgan fingerprint density at radius 3 is 2.62 bits per heavy atom. The maximum atomic E-state index is 12.0. The number of nitrogens with one attached hydrogen (secondary N) is 2. The summed E-state index contributed by atoms with van der Waals surface area (Å²) in [4.78, 5) is 21.9. The van der Waals surface area contributed by atoms with Crippen molar-refractivity contribution in [3.8, 4) is 11.3 Å². The first-order valence-corrected chi connectivity index (χ1v) is 8.48. The summed E-state index contributed by atoms with van der Waals surface area (Å²) in [5.74, 6) is 0.142. The van der Waals surface area contributed by atoms with Gasteiger partial charge in [-0.2, -0.15) is 0 Å². The van der Waals surface area contributed by atoms with Crippen molar-refractivity contribution in [1.29, 1.82) is 0 Å². The molecule has 24 heavy (non-hydrogen) atoms. The lowest BCUT2D eigenvalue weighted by Crippen LogP contribution is -2.17. The number of halogens is 2. The molecular weight excluding hydrogens is 369 g/mol. The zero-order valence-corrected chi connectivity index (χ0v) is 15.1. The van der Waals surface area contributed by atoms with E-state index in [1.165, 1.54) is 11.3 Å². The molecule has 2 aromatic heterocycles. The number of fused-ring (bicyclic) bond motifs is 1. The molecule has 0 unspecified atom stereocenters. The quantitative estimate of drug-likeness (QED) is 0.643. The number of benzene rings is 1. The van der Waals surface area contributed by atoms with E-state index in [4.69, 9.17) is 28.9 Å². The lowest BCUT2D eigenvalue weighted by Gasteiger charge is -2.09. The zero-order valence-electron chi connectivity index (χ0n) is 12.8. The number of anilines is 2. The molecule has 0 spiro atoms. The van der Waals surface area contributed by atoms with Gasteiger partial charge < -0.3 is 16.4 Å². The molecule has 0 atom stereocenters. The molecule has 3 rings (SSSR count). The highest BCUT2D eigenvalue weighted by Gasteiger charge is 2.22. The van der Waals surface area contributed by atoms with Crippen molar-refractivity contribution in [2.75, 3.05) is 25.1 Å². The summed E-state index contributed by atoms with van der Waals surface area (Å²) in [7, 11) is 3.26. The highest BCUT2D eigenvalue weighted by Crippen LogP contribution is 2.41. The SMILES string of the molecule is CNC(=O)c1sc2nc(NC)nc(-c3ccc(Cl)cc3Cl)c2c1N. The average Bonchev–Trinajstić information content (AvgIpc) is 2.90. The van der Waals surface area contributed by atoms with Crippen LogP contribution < -0.4 is 16.4 Å². The Bertz CT molecular complexity index is 957. The second kappa shape index (κ2) is 6.43. The molecule has 0 aliphatic rings. The lowest BCUT2D eigenvalue weighted by atomic mass is 10.1. The predicted octanol–water partition coefficient (Wildman–Crippen LogP) is 3.65. The van der Waals surface area contributed by atoms with E-state index in [9.17, 15) is 4.79 Å².